The number of benzene rings is 1. The van der Waals surface area contributed by atoms with Crippen LogP contribution in [0.3, 0.4) is 0 Å². The molecular formula is C14H16N2O4S2. The van der Waals surface area contributed by atoms with Crippen molar-refractivity contribution < 1.29 is 19.1 Å². The van der Waals surface area contributed by atoms with E-state index in [4.69, 9.17) is 4.74 Å². The molecule has 1 fully saturated rings. The standard InChI is InChI=1S/C14H16N2O4S2/c1-21-11-4-2-3-10(7-11)15-12(17)9-20-13(18)8-16-5-6-22-14(16)19/h2-4,7H,5-6,8-9H2,1H3,(H,15,17). The second-order valence-electron chi connectivity index (χ2n) is 4.48. The molecule has 8 heteroatoms. The largest absolute Gasteiger partial charge is 0.454 e. The van der Waals surface area contributed by atoms with Gasteiger partial charge < -0.3 is 15.0 Å². The minimum atomic E-state index is -0.580. The molecule has 0 atom stereocenters. The predicted octanol–water partition coefficient (Wildman–Crippen LogP) is 2.06. The summed E-state index contributed by atoms with van der Waals surface area (Å²) in [4.78, 5) is 37.1. The molecular weight excluding hydrogens is 324 g/mol. The number of rotatable bonds is 6. The van der Waals surface area contributed by atoms with Crippen LogP contribution in [-0.4, -0.2) is 53.7 Å². The SMILES string of the molecule is CSc1cccc(NC(=O)COC(=O)CN2CCSC2=O)c1. The Labute approximate surface area is 136 Å². The van der Waals surface area contributed by atoms with Crippen LogP contribution in [0.1, 0.15) is 0 Å². The molecule has 0 saturated carbocycles. The molecule has 1 saturated heterocycles. The van der Waals surface area contributed by atoms with Crippen LogP contribution in [0.15, 0.2) is 29.2 Å². The van der Waals surface area contributed by atoms with Crippen LogP contribution in [-0.2, 0) is 14.3 Å². The van der Waals surface area contributed by atoms with Gasteiger partial charge in [-0.05, 0) is 24.5 Å². The number of hydrogen-bond acceptors (Lipinski definition) is 6. The van der Waals surface area contributed by atoms with Gasteiger partial charge in [-0.1, -0.05) is 17.8 Å². The normalized spacial score (nSPS) is 14.0. The topological polar surface area (TPSA) is 75.7 Å². The maximum atomic E-state index is 11.7. The summed E-state index contributed by atoms with van der Waals surface area (Å²) < 4.78 is 4.88. The minimum absolute atomic E-state index is 0.110. The molecule has 1 aliphatic rings. The van der Waals surface area contributed by atoms with Gasteiger partial charge in [0.1, 0.15) is 6.54 Å². The maximum Gasteiger partial charge on any atom is 0.326 e. The first kappa shape index (κ1) is 16.7. The number of esters is 1. The number of hydrogen-bond donors (Lipinski definition) is 1. The second kappa shape index (κ2) is 8.09. The number of ether oxygens (including phenoxy) is 1. The van der Waals surface area contributed by atoms with Crippen LogP contribution in [0.25, 0.3) is 0 Å². The van der Waals surface area contributed by atoms with Crippen LogP contribution < -0.4 is 5.32 Å². The molecule has 22 heavy (non-hydrogen) atoms. The molecule has 0 bridgehead atoms. The zero-order valence-corrected chi connectivity index (χ0v) is 13.7. The molecule has 118 valence electrons. The van der Waals surface area contributed by atoms with Crippen LogP contribution in [0, 0.1) is 0 Å². The van der Waals surface area contributed by atoms with E-state index >= 15 is 0 Å². The number of anilines is 1. The van der Waals surface area contributed by atoms with E-state index in [-0.39, 0.29) is 18.4 Å². The Morgan fingerprint density at radius 1 is 1.45 bits per heavy atom. The zero-order valence-electron chi connectivity index (χ0n) is 12.0. The van der Waals surface area contributed by atoms with E-state index in [9.17, 15) is 14.4 Å². The van der Waals surface area contributed by atoms with Gasteiger partial charge in [-0.2, -0.15) is 0 Å². The van der Waals surface area contributed by atoms with Gasteiger partial charge in [0.05, 0.1) is 0 Å². The van der Waals surface area contributed by atoms with E-state index in [2.05, 4.69) is 5.32 Å². The van der Waals surface area contributed by atoms with E-state index in [1.54, 1.807) is 17.8 Å². The monoisotopic (exact) mass is 340 g/mol. The lowest BCUT2D eigenvalue weighted by Crippen LogP contribution is -2.32. The van der Waals surface area contributed by atoms with Crippen molar-refractivity contribution in [3.63, 3.8) is 0 Å². The average molecular weight is 340 g/mol. The Balaban J connectivity index is 1.75. The third-order valence-electron chi connectivity index (χ3n) is 2.88. The average Bonchev–Trinajstić information content (AvgIpc) is 2.90. The van der Waals surface area contributed by atoms with E-state index in [0.717, 1.165) is 4.90 Å². The highest BCUT2D eigenvalue weighted by Gasteiger charge is 2.24. The molecule has 0 unspecified atom stereocenters. The first-order chi connectivity index (χ1) is 10.6. The molecule has 0 aliphatic carbocycles. The van der Waals surface area contributed by atoms with E-state index in [0.29, 0.717) is 18.0 Å². The van der Waals surface area contributed by atoms with Crippen molar-refractivity contribution in [1.82, 2.24) is 4.90 Å². The quantitative estimate of drug-likeness (QED) is 0.631. The number of amides is 2. The van der Waals surface area contributed by atoms with Gasteiger partial charge in [-0.15, -0.1) is 11.8 Å². The maximum absolute atomic E-state index is 11.7. The Hall–Kier alpha value is -1.67. The number of nitrogens with one attached hydrogen (secondary N) is 1. The molecule has 1 N–H and O–H groups in total. The third kappa shape index (κ3) is 4.96. The number of nitrogens with zero attached hydrogens (tertiary/aromatic N) is 1. The molecule has 1 aromatic carbocycles. The van der Waals surface area contributed by atoms with Crippen molar-refractivity contribution in [3.8, 4) is 0 Å². The Morgan fingerprint density at radius 2 is 2.27 bits per heavy atom. The Morgan fingerprint density at radius 3 is 2.95 bits per heavy atom. The van der Waals surface area contributed by atoms with Gasteiger partial charge in [0.25, 0.3) is 11.1 Å². The number of carbonyl (C=O) groups is 3. The molecule has 1 aliphatic heterocycles. The van der Waals surface area contributed by atoms with Crippen molar-refractivity contribution in [2.24, 2.45) is 0 Å². The van der Waals surface area contributed by atoms with Crippen molar-refractivity contribution in [3.05, 3.63) is 24.3 Å². The fourth-order valence-electron chi connectivity index (χ4n) is 1.81. The summed E-state index contributed by atoms with van der Waals surface area (Å²) in [6.45, 7) is 0.0604. The number of carbonyl (C=O) groups excluding carboxylic acids is 3. The zero-order chi connectivity index (χ0) is 15.9. The summed E-state index contributed by atoms with van der Waals surface area (Å²) in [5.41, 5.74) is 0.652. The van der Waals surface area contributed by atoms with Crippen LogP contribution in [0.4, 0.5) is 10.5 Å². The molecule has 6 nitrogen and oxygen atoms in total. The summed E-state index contributed by atoms with van der Waals surface area (Å²) in [6.07, 6.45) is 1.95. The molecule has 1 heterocycles. The summed E-state index contributed by atoms with van der Waals surface area (Å²) >= 11 is 2.75. The van der Waals surface area contributed by atoms with Gasteiger partial charge in [0.15, 0.2) is 6.61 Å². The lowest BCUT2D eigenvalue weighted by molar-refractivity contribution is -0.147. The molecule has 1 aromatic rings. The fourth-order valence-corrected chi connectivity index (χ4v) is 3.10. The van der Waals surface area contributed by atoms with E-state index < -0.39 is 11.9 Å². The van der Waals surface area contributed by atoms with Gasteiger partial charge in [0, 0.05) is 22.9 Å². The summed E-state index contributed by atoms with van der Waals surface area (Å²) in [6, 6.07) is 7.37. The van der Waals surface area contributed by atoms with Gasteiger partial charge >= 0.3 is 5.97 Å². The van der Waals surface area contributed by atoms with Crippen LogP contribution >= 0.6 is 23.5 Å². The predicted molar refractivity (Wildman–Crippen MR) is 87.2 cm³/mol. The highest BCUT2D eigenvalue weighted by atomic mass is 32.2. The minimum Gasteiger partial charge on any atom is -0.454 e. The van der Waals surface area contributed by atoms with Gasteiger partial charge in [-0.3, -0.25) is 14.4 Å². The molecule has 0 spiro atoms. The summed E-state index contributed by atoms with van der Waals surface area (Å²) in [7, 11) is 0. The van der Waals surface area contributed by atoms with Crippen LogP contribution in [0.5, 0.6) is 0 Å². The highest BCUT2D eigenvalue weighted by molar-refractivity contribution is 8.13. The second-order valence-corrected chi connectivity index (χ2v) is 6.40. The summed E-state index contributed by atoms with van der Waals surface area (Å²) in [5, 5.41) is 2.53. The molecule has 2 rings (SSSR count). The first-order valence-electron chi connectivity index (χ1n) is 6.59. The highest BCUT2D eigenvalue weighted by Crippen LogP contribution is 2.19. The van der Waals surface area contributed by atoms with E-state index in [1.807, 2.05) is 24.5 Å². The first-order valence-corrected chi connectivity index (χ1v) is 8.81. The van der Waals surface area contributed by atoms with Gasteiger partial charge in [-0.25, -0.2) is 0 Å². The summed E-state index contributed by atoms with van der Waals surface area (Å²) in [5.74, 6) is -0.309. The van der Waals surface area contributed by atoms with Crippen molar-refractivity contribution in [1.29, 1.82) is 0 Å². The number of thioether (sulfide) groups is 2. The van der Waals surface area contributed by atoms with Crippen molar-refractivity contribution in [2.45, 2.75) is 4.90 Å². The van der Waals surface area contributed by atoms with Crippen LogP contribution in [0.2, 0.25) is 0 Å². The Kier molecular flexibility index (Phi) is 6.14. The lowest BCUT2D eigenvalue weighted by atomic mass is 10.3. The lowest BCUT2D eigenvalue weighted by Gasteiger charge is -2.13. The molecule has 2 amide bonds. The van der Waals surface area contributed by atoms with E-state index in [1.165, 1.54) is 16.7 Å². The Bertz CT molecular complexity index is 580. The van der Waals surface area contributed by atoms with Crippen molar-refractivity contribution in [2.75, 3.05) is 37.0 Å². The molecule has 0 radical (unpaired) electrons. The smallest absolute Gasteiger partial charge is 0.326 e. The molecule has 0 aromatic heterocycles. The fraction of sp³-hybridized carbons (Fsp3) is 0.357. The van der Waals surface area contributed by atoms with Crippen molar-refractivity contribution >= 4 is 46.3 Å². The van der Waals surface area contributed by atoms with Gasteiger partial charge in [0.2, 0.25) is 0 Å². The third-order valence-corrected chi connectivity index (χ3v) is 4.50.